The highest BCUT2D eigenvalue weighted by atomic mass is 16.4. The van der Waals surface area contributed by atoms with Gasteiger partial charge in [0.25, 0.3) is 0 Å². The Balaban J connectivity index is 2.01. The number of amides is 1. The molecule has 0 spiro atoms. The molecule has 1 N–H and O–H groups in total. The monoisotopic (exact) mass is 217 g/mol. The van der Waals surface area contributed by atoms with Gasteiger partial charge in [0.05, 0.1) is 0 Å². The molecular formula is C11H11N3O2. The van der Waals surface area contributed by atoms with Crippen LogP contribution in [0.25, 0.3) is 0 Å². The molecule has 2 bridgehead atoms. The van der Waals surface area contributed by atoms with Gasteiger partial charge in [0.15, 0.2) is 0 Å². The number of piperidine rings is 1. The lowest BCUT2D eigenvalue weighted by atomic mass is 9.96. The molecule has 0 radical (unpaired) electrons. The number of carbonyl (C=O) groups is 1. The summed E-state index contributed by atoms with van der Waals surface area (Å²) in [7, 11) is 0. The number of rotatable bonds is 0. The van der Waals surface area contributed by atoms with E-state index < -0.39 is 6.09 Å². The molecule has 3 heterocycles. The SMILES string of the molecule is O=C(O)N1C=C2CC(=C1)C1=NC=CCN1C2. The lowest BCUT2D eigenvalue weighted by Gasteiger charge is -2.37. The van der Waals surface area contributed by atoms with Gasteiger partial charge >= 0.3 is 6.09 Å². The van der Waals surface area contributed by atoms with Gasteiger partial charge in [-0.05, 0) is 11.6 Å². The Hall–Kier alpha value is -2.04. The van der Waals surface area contributed by atoms with Crippen molar-refractivity contribution in [2.24, 2.45) is 4.99 Å². The number of nitrogens with zero attached hydrogens (tertiary/aromatic N) is 3. The third-order valence-corrected chi connectivity index (χ3v) is 2.86. The Bertz CT molecular complexity index is 474. The smallest absolute Gasteiger partial charge is 0.415 e. The zero-order valence-corrected chi connectivity index (χ0v) is 8.63. The molecule has 5 heteroatoms. The Morgan fingerprint density at radius 2 is 2.31 bits per heavy atom. The first-order valence-corrected chi connectivity index (χ1v) is 5.14. The van der Waals surface area contributed by atoms with Crippen LogP contribution in [0.15, 0.2) is 40.8 Å². The van der Waals surface area contributed by atoms with Gasteiger partial charge in [-0.25, -0.2) is 9.79 Å². The van der Waals surface area contributed by atoms with E-state index in [0.29, 0.717) is 0 Å². The molecule has 82 valence electrons. The molecule has 0 aliphatic carbocycles. The lowest BCUT2D eigenvalue weighted by Crippen LogP contribution is -2.42. The summed E-state index contributed by atoms with van der Waals surface area (Å²) < 4.78 is 0. The van der Waals surface area contributed by atoms with Crippen LogP contribution in [0, 0.1) is 0 Å². The van der Waals surface area contributed by atoms with E-state index in [2.05, 4.69) is 9.89 Å². The van der Waals surface area contributed by atoms with Gasteiger partial charge in [-0.3, -0.25) is 4.90 Å². The quantitative estimate of drug-likeness (QED) is 0.667. The van der Waals surface area contributed by atoms with E-state index in [1.165, 1.54) is 4.90 Å². The topological polar surface area (TPSA) is 56.1 Å². The average Bonchev–Trinajstić information content (AvgIpc) is 2.28. The highest BCUT2D eigenvalue weighted by Crippen LogP contribution is 2.28. The summed E-state index contributed by atoms with van der Waals surface area (Å²) in [5.41, 5.74) is 2.10. The number of aliphatic imine (C=N–C) groups is 1. The van der Waals surface area contributed by atoms with Gasteiger partial charge in [-0.2, -0.15) is 0 Å². The fraction of sp³-hybridized carbons (Fsp3) is 0.273. The van der Waals surface area contributed by atoms with E-state index in [4.69, 9.17) is 5.11 Å². The number of carboxylic acid groups (broad SMARTS) is 1. The van der Waals surface area contributed by atoms with Crippen LogP contribution < -0.4 is 0 Å². The van der Waals surface area contributed by atoms with Crippen LogP contribution in [0.4, 0.5) is 4.79 Å². The molecule has 1 saturated heterocycles. The van der Waals surface area contributed by atoms with Gasteiger partial charge in [-0.1, -0.05) is 0 Å². The molecule has 0 aromatic rings. The van der Waals surface area contributed by atoms with E-state index in [0.717, 1.165) is 36.5 Å². The molecule has 0 atom stereocenters. The summed E-state index contributed by atoms with van der Waals surface area (Å²) in [6.45, 7) is 1.62. The first-order chi connectivity index (χ1) is 7.74. The Labute approximate surface area is 92.7 Å². The van der Waals surface area contributed by atoms with Gasteiger partial charge < -0.3 is 10.0 Å². The average molecular weight is 217 g/mol. The minimum absolute atomic E-state index is 0.768. The lowest BCUT2D eigenvalue weighted by molar-refractivity contribution is 0.174. The highest BCUT2D eigenvalue weighted by Gasteiger charge is 2.29. The van der Waals surface area contributed by atoms with Crippen molar-refractivity contribution in [1.82, 2.24) is 9.80 Å². The highest BCUT2D eigenvalue weighted by molar-refractivity contribution is 6.01. The Morgan fingerprint density at radius 1 is 1.44 bits per heavy atom. The molecule has 3 aliphatic heterocycles. The van der Waals surface area contributed by atoms with E-state index in [1.807, 2.05) is 6.08 Å². The Kier molecular flexibility index (Phi) is 1.86. The van der Waals surface area contributed by atoms with Crippen LogP contribution >= 0.6 is 0 Å². The van der Waals surface area contributed by atoms with E-state index >= 15 is 0 Å². The largest absolute Gasteiger partial charge is 0.464 e. The molecule has 0 unspecified atom stereocenters. The van der Waals surface area contributed by atoms with Gasteiger partial charge in [0.2, 0.25) is 0 Å². The van der Waals surface area contributed by atoms with Gasteiger partial charge in [0.1, 0.15) is 5.84 Å². The zero-order chi connectivity index (χ0) is 11.1. The third kappa shape index (κ3) is 1.32. The van der Waals surface area contributed by atoms with Crippen molar-refractivity contribution in [2.45, 2.75) is 6.42 Å². The van der Waals surface area contributed by atoms with Gasteiger partial charge in [-0.15, -0.1) is 0 Å². The van der Waals surface area contributed by atoms with Crippen molar-refractivity contribution in [1.29, 1.82) is 0 Å². The summed E-state index contributed by atoms with van der Waals surface area (Å²) in [6, 6.07) is 0. The minimum Gasteiger partial charge on any atom is -0.464 e. The second kappa shape index (κ2) is 3.23. The van der Waals surface area contributed by atoms with Crippen molar-refractivity contribution in [3.8, 4) is 0 Å². The summed E-state index contributed by atoms with van der Waals surface area (Å²) in [4.78, 5) is 18.6. The molecule has 0 aromatic heterocycles. The van der Waals surface area contributed by atoms with E-state index in [1.54, 1.807) is 18.6 Å². The first-order valence-electron chi connectivity index (χ1n) is 5.14. The molecule has 3 rings (SSSR count). The van der Waals surface area contributed by atoms with Crippen LogP contribution in [-0.4, -0.2) is 39.9 Å². The number of fused-ring (bicyclic) bond motifs is 4. The van der Waals surface area contributed by atoms with Crippen LogP contribution in [0.1, 0.15) is 6.42 Å². The molecule has 3 aliphatic rings. The zero-order valence-electron chi connectivity index (χ0n) is 8.63. The molecule has 1 fully saturated rings. The summed E-state index contributed by atoms with van der Waals surface area (Å²) in [5.74, 6) is 0.908. The molecular weight excluding hydrogens is 206 g/mol. The van der Waals surface area contributed by atoms with Gasteiger partial charge in [0, 0.05) is 43.7 Å². The second-order valence-corrected chi connectivity index (χ2v) is 4.03. The van der Waals surface area contributed by atoms with E-state index in [-0.39, 0.29) is 0 Å². The standard InChI is InChI=1S/C11H11N3O2/c15-11(16)14-6-8-4-9(7-14)10-12-2-1-3-13(10)5-8/h1-2,6-7H,3-5H2,(H,15,16). The van der Waals surface area contributed by atoms with Crippen molar-refractivity contribution >= 4 is 11.9 Å². The Morgan fingerprint density at radius 3 is 3.12 bits per heavy atom. The van der Waals surface area contributed by atoms with Crippen LogP contribution in [0.5, 0.6) is 0 Å². The summed E-state index contributed by atoms with van der Waals surface area (Å²) in [5, 5.41) is 8.96. The predicted molar refractivity (Wildman–Crippen MR) is 58.8 cm³/mol. The maximum absolute atomic E-state index is 10.9. The fourth-order valence-corrected chi connectivity index (χ4v) is 2.22. The molecule has 5 nitrogen and oxygen atoms in total. The minimum atomic E-state index is -0.949. The number of amidine groups is 1. The molecule has 16 heavy (non-hydrogen) atoms. The summed E-state index contributed by atoms with van der Waals surface area (Å²) >= 11 is 0. The maximum atomic E-state index is 10.9. The number of hydrogen-bond donors (Lipinski definition) is 1. The first kappa shape index (κ1) is 9.21. The van der Waals surface area contributed by atoms with E-state index in [9.17, 15) is 4.79 Å². The normalized spacial score (nSPS) is 22.1. The molecule has 1 amide bonds. The third-order valence-electron chi connectivity index (χ3n) is 2.86. The van der Waals surface area contributed by atoms with Crippen LogP contribution in [0.3, 0.4) is 0 Å². The second-order valence-electron chi connectivity index (χ2n) is 4.03. The van der Waals surface area contributed by atoms with Crippen molar-refractivity contribution in [3.05, 3.63) is 35.8 Å². The number of hydrogen-bond acceptors (Lipinski definition) is 3. The van der Waals surface area contributed by atoms with Crippen LogP contribution in [-0.2, 0) is 0 Å². The maximum Gasteiger partial charge on any atom is 0.415 e. The molecule has 0 saturated carbocycles. The fourth-order valence-electron chi connectivity index (χ4n) is 2.22. The predicted octanol–water partition coefficient (Wildman–Crippen LogP) is 1.38. The summed E-state index contributed by atoms with van der Waals surface area (Å²) in [6.07, 6.45) is 6.99. The van der Waals surface area contributed by atoms with Crippen LogP contribution in [0.2, 0.25) is 0 Å². The van der Waals surface area contributed by atoms with Crippen molar-refractivity contribution in [3.63, 3.8) is 0 Å². The van der Waals surface area contributed by atoms with Crippen molar-refractivity contribution in [2.75, 3.05) is 13.1 Å². The molecule has 0 aromatic carbocycles. The van der Waals surface area contributed by atoms with Crippen molar-refractivity contribution < 1.29 is 9.90 Å².